The molecule has 1 unspecified atom stereocenters. The van der Waals surface area contributed by atoms with Crippen LogP contribution in [-0.4, -0.2) is 61.9 Å². The van der Waals surface area contributed by atoms with Gasteiger partial charge in [-0.2, -0.15) is 4.31 Å². The average molecular weight is 300 g/mol. The van der Waals surface area contributed by atoms with Crippen LogP contribution in [0.2, 0.25) is 0 Å². The minimum absolute atomic E-state index is 0.263. The van der Waals surface area contributed by atoms with Crippen molar-refractivity contribution in [3.63, 3.8) is 0 Å². The fourth-order valence-corrected chi connectivity index (χ4v) is 4.19. The first-order valence-electron chi connectivity index (χ1n) is 7.05. The van der Waals surface area contributed by atoms with Crippen LogP contribution in [0.3, 0.4) is 0 Å². The summed E-state index contributed by atoms with van der Waals surface area (Å²) in [6, 6.07) is 1.97. The van der Waals surface area contributed by atoms with E-state index in [2.05, 4.69) is 29.0 Å². The molecule has 1 atom stereocenters. The standard InChI is InChI=1S/C13H24N4O2S/c1-4-16-5-6-17(10-11(16)2)20(18,19)13-7-12(8-14-3)15-9-13/h7,9,11,14-15H,4-6,8,10H2,1-3H3. The zero-order valence-electron chi connectivity index (χ0n) is 12.4. The van der Waals surface area contributed by atoms with Crippen LogP contribution in [-0.2, 0) is 16.6 Å². The monoisotopic (exact) mass is 300 g/mol. The lowest BCUT2D eigenvalue weighted by Gasteiger charge is -2.38. The van der Waals surface area contributed by atoms with Crippen molar-refractivity contribution in [3.05, 3.63) is 18.0 Å². The van der Waals surface area contributed by atoms with E-state index in [-0.39, 0.29) is 6.04 Å². The third-order valence-corrected chi connectivity index (χ3v) is 5.70. The van der Waals surface area contributed by atoms with Crippen molar-refractivity contribution < 1.29 is 8.42 Å². The van der Waals surface area contributed by atoms with E-state index in [1.165, 1.54) is 0 Å². The molecule has 1 aliphatic rings. The number of nitrogens with zero attached hydrogens (tertiary/aromatic N) is 2. The number of aromatic amines is 1. The van der Waals surface area contributed by atoms with Gasteiger partial charge in [-0.25, -0.2) is 8.42 Å². The number of hydrogen-bond acceptors (Lipinski definition) is 4. The summed E-state index contributed by atoms with van der Waals surface area (Å²) >= 11 is 0. The first-order chi connectivity index (χ1) is 9.48. The lowest BCUT2D eigenvalue weighted by atomic mass is 10.2. The molecule has 1 aromatic heterocycles. The highest BCUT2D eigenvalue weighted by molar-refractivity contribution is 7.89. The van der Waals surface area contributed by atoms with E-state index in [1.54, 1.807) is 16.6 Å². The molecular formula is C13H24N4O2S. The van der Waals surface area contributed by atoms with Crippen molar-refractivity contribution >= 4 is 10.0 Å². The van der Waals surface area contributed by atoms with Crippen molar-refractivity contribution in [2.45, 2.75) is 31.3 Å². The minimum Gasteiger partial charge on any atom is -0.363 e. The number of hydrogen-bond donors (Lipinski definition) is 2. The van der Waals surface area contributed by atoms with Crippen LogP contribution in [0, 0.1) is 0 Å². The molecule has 0 bridgehead atoms. The van der Waals surface area contributed by atoms with Gasteiger partial charge in [-0.05, 0) is 26.6 Å². The molecule has 2 rings (SSSR count). The molecule has 0 saturated carbocycles. The van der Waals surface area contributed by atoms with Crippen molar-refractivity contribution in [3.8, 4) is 0 Å². The first-order valence-corrected chi connectivity index (χ1v) is 8.49. The Hall–Kier alpha value is -0.890. The smallest absolute Gasteiger partial charge is 0.244 e. The summed E-state index contributed by atoms with van der Waals surface area (Å²) in [5, 5.41) is 3.00. The summed E-state index contributed by atoms with van der Waals surface area (Å²) in [5.41, 5.74) is 0.881. The molecule has 0 aromatic carbocycles. The number of H-pyrrole nitrogens is 1. The van der Waals surface area contributed by atoms with Crippen LogP contribution in [0.5, 0.6) is 0 Å². The largest absolute Gasteiger partial charge is 0.363 e. The number of piperazine rings is 1. The minimum atomic E-state index is -3.38. The topological polar surface area (TPSA) is 68.4 Å². The Morgan fingerprint density at radius 3 is 2.80 bits per heavy atom. The normalized spacial score (nSPS) is 22.2. The molecule has 1 fully saturated rings. The van der Waals surface area contributed by atoms with Gasteiger partial charge in [0.2, 0.25) is 10.0 Å². The van der Waals surface area contributed by atoms with Gasteiger partial charge in [0.25, 0.3) is 0 Å². The Bertz CT molecular complexity index is 540. The molecule has 0 radical (unpaired) electrons. The van der Waals surface area contributed by atoms with E-state index in [4.69, 9.17) is 0 Å². The number of sulfonamides is 1. The summed E-state index contributed by atoms with van der Waals surface area (Å²) in [6.07, 6.45) is 1.58. The van der Waals surface area contributed by atoms with Gasteiger partial charge in [0.1, 0.15) is 0 Å². The van der Waals surface area contributed by atoms with Gasteiger partial charge in [-0.1, -0.05) is 6.92 Å². The predicted octanol–water partition coefficient (Wildman–Crippen LogP) is 0.449. The van der Waals surface area contributed by atoms with Crippen molar-refractivity contribution in [2.75, 3.05) is 33.2 Å². The van der Waals surface area contributed by atoms with Crippen LogP contribution in [0.1, 0.15) is 19.5 Å². The first kappa shape index (κ1) is 15.5. The second kappa shape index (κ2) is 6.26. The van der Waals surface area contributed by atoms with Crippen molar-refractivity contribution in [2.24, 2.45) is 0 Å². The van der Waals surface area contributed by atoms with Crippen LogP contribution in [0.4, 0.5) is 0 Å². The maximum atomic E-state index is 12.6. The molecule has 1 saturated heterocycles. The Labute approximate surface area is 121 Å². The van der Waals surface area contributed by atoms with Crippen LogP contribution in [0.15, 0.2) is 17.2 Å². The van der Waals surface area contributed by atoms with Crippen LogP contribution >= 0.6 is 0 Å². The molecule has 2 N–H and O–H groups in total. The molecule has 1 aromatic rings. The Kier molecular flexibility index (Phi) is 4.85. The van der Waals surface area contributed by atoms with Gasteiger partial charge >= 0.3 is 0 Å². The van der Waals surface area contributed by atoms with Gasteiger partial charge in [0.15, 0.2) is 0 Å². The third-order valence-electron chi connectivity index (χ3n) is 3.86. The van der Waals surface area contributed by atoms with Crippen molar-refractivity contribution in [1.29, 1.82) is 0 Å². The lowest BCUT2D eigenvalue weighted by Crippen LogP contribution is -2.53. The Morgan fingerprint density at radius 1 is 1.45 bits per heavy atom. The second-order valence-electron chi connectivity index (χ2n) is 5.23. The molecule has 1 aliphatic heterocycles. The van der Waals surface area contributed by atoms with E-state index in [0.717, 1.165) is 18.8 Å². The maximum absolute atomic E-state index is 12.6. The highest BCUT2D eigenvalue weighted by atomic mass is 32.2. The molecule has 0 spiro atoms. The summed E-state index contributed by atoms with van der Waals surface area (Å²) in [7, 11) is -1.54. The lowest BCUT2D eigenvalue weighted by molar-refractivity contribution is 0.135. The molecule has 114 valence electrons. The van der Waals surface area contributed by atoms with E-state index in [0.29, 0.717) is 24.5 Å². The van der Waals surface area contributed by atoms with Gasteiger partial charge < -0.3 is 10.3 Å². The Morgan fingerprint density at radius 2 is 2.20 bits per heavy atom. The summed E-state index contributed by atoms with van der Waals surface area (Å²) in [4.78, 5) is 5.67. The van der Waals surface area contributed by atoms with Crippen LogP contribution < -0.4 is 5.32 Å². The van der Waals surface area contributed by atoms with E-state index >= 15 is 0 Å². The van der Waals surface area contributed by atoms with Crippen molar-refractivity contribution in [1.82, 2.24) is 19.5 Å². The SMILES string of the molecule is CCN1CCN(S(=O)(=O)c2c[nH]c(CNC)c2)CC1C. The fourth-order valence-electron chi connectivity index (χ4n) is 2.66. The van der Waals surface area contributed by atoms with Gasteiger partial charge in [-0.15, -0.1) is 0 Å². The quantitative estimate of drug-likeness (QED) is 0.828. The molecule has 6 nitrogen and oxygen atoms in total. The summed E-state index contributed by atoms with van der Waals surface area (Å²) in [6.45, 7) is 7.70. The molecule has 7 heteroatoms. The number of rotatable bonds is 5. The van der Waals surface area contributed by atoms with E-state index in [1.807, 2.05) is 7.05 Å². The second-order valence-corrected chi connectivity index (χ2v) is 7.17. The molecule has 20 heavy (non-hydrogen) atoms. The Balaban J connectivity index is 2.14. The third kappa shape index (κ3) is 3.06. The number of likely N-dealkylation sites (N-methyl/N-ethyl adjacent to an activating group) is 1. The number of aromatic nitrogens is 1. The number of nitrogens with one attached hydrogen (secondary N) is 2. The zero-order valence-corrected chi connectivity index (χ0v) is 13.2. The fraction of sp³-hybridized carbons (Fsp3) is 0.692. The molecule has 0 aliphatic carbocycles. The summed E-state index contributed by atoms with van der Waals surface area (Å²) < 4.78 is 26.8. The van der Waals surface area contributed by atoms with E-state index < -0.39 is 10.0 Å². The van der Waals surface area contributed by atoms with E-state index in [9.17, 15) is 8.42 Å². The van der Waals surface area contributed by atoms with Crippen LogP contribution in [0.25, 0.3) is 0 Å². The van der Waals surface area contributed by atoms with Gasteiger partial charge in [-0.3, -0.25) is 4.90 Å². The highest BCUT2D eigenvalue weighted by Gasteiger charge is 2.32. The zero-order chi connectivity index (χ0) is 14.8. The molecule has 2 heterocycles. The highest BCUT2D eigenvalue weighted by Crippen LogP contribution is 2.20. The van der Waals surface area contributed by atoms with Gasteiger partial charge in [0.05, 0.1) is 4.90 Å². The van der Waals surface area contributed by atoms with Gasteiger partial charge in [0, 0.05) is 44.1 Å². The maximum Gasteiger partial charge on any atom is 0.244 e. The predicted molar refractivity (Wildman–Crippen MR) is 79.0 cm³/mol. The summed E-state index contributed by atoms with van der Waals surface area (Å²) in [5.74, 6) is 0. The average Bonchev–Trinajstić information content (AvgIpc) is 2.88. The molecular weight excluding hydrogens is 276 g/mol. The molecule has 0 amide bonds.